The predicted molar refractivity (Wildman–Crippen MR) is 88.3 cm³/mol. The number of hydrogen-bond acceptors (Lipinski definition) is 2. The van der Waals surface area contributed by atoms with Gasteiger partial charge in [0.1, 0.15) is 0 Å². The summed E-state index contributed by atoms with van der Waals surface area (Å²) in [6, 6.07) is 8.98. The Labute approximate surface area is 127 Å². The molecule has 0 radical (unpaired) electrons. The van der Waals surface area contributed by atoms with Crippen molar-refractivity contribution in [3.05, 3.63) is 30.6 Å². The normalized spacial score (nSPS) is 24.3. The third kappa shape index (κ3) is 2.98. The molecule has 1 heterocycles. The Kier molecular flexibility index (Phi) is 4.59. The van der Waals surface area contributed by atoms with Crippen LogP contribution >= 0.6 is 0 Å². The van der Waals surface area contributed by atoms with Gasteiger partial charge in [-0.15, -0.1) is 0 Å². The van der Waals surface area contributed by atoms with E-state index in [2.05, 4.69) is 53.1 Å². The van der Waals surface area contributed by atoms with E-state index < -0.39 is 0 Å². The van der Waals surface area contributed by atoms with Crippen molar-refractivity contribution >= 4 is 11.0 Å². The molecule has 0 bridgehead atoms. The quantitative estimate of drug-likeness (QED) is 0.904. The van der Waals surface area contributed by atoms with Crippen LogP contribution in [0.4, 0.5) is 0 Å². The number of nitrogens with one attached hydrogen (secondary N) is 1. The zero-order chi connectivity index (χ0) is 14.7. The average Bonchev–Trinajstić information content (AvgIpc) is 2.95. The zero-order valence-electron chi connectivity index (χ0n) is 13.3. The van der Waals surface area contributed by atoms with E-state index in [9.17, 15) is 0 Å². The minimum Gasteiger partial charge on any atom is -0.329 e. The smallest absolute Gasteiger partial charge is 0.0958 e. The monoisotopic (exact) mass is 285 g/mol. The topological polar surface area (TPSA) is 29.9 Å². The second-order valence-electron chi connectivity index (χ2n) is 6.40. The van der Waals surface area contributed by atoms with Crippen LogP contribution in [-0.2, 0) is 6.54 Å². The molecular formula is C18H27N3. The molecule has 1 saturated carbocycles. The summed E-state index contributed by atoms with van der Waals surface area (Å²) in [5.74, 6) is 1.68. The van der Waals surface area contributed by atoms with Crippen LogP contribution in [0.15, 0.2) is 30.6 Å². The van der Waals surface area contributed by atoms with Gasteiger partial charge in [-0.2, -0.15) is 0 Å². The minimum absolute atomic E-state index is 0.549. The number of nitrogens with zero attached hydrogens (tertiary/aromatic N) is 2. The molecule has 1 fully saturated rings. The Morgan fingerprint density at radius 2 is 2.10 bits per heavy atom. The predicted octanol–water partition coefficient (Wildman–Crippen LogP) is 3.84. The van der Waals surface area contributed by atoms with Gasteiger partial charge in [-0.3, -0.25) is 0 Å². The highest BCUT2D eigenvalue weighted by Gasteiger charge is 2.30. The van der Waals surface area contributed by atoms with E-state index in [0.29, 0.717) is 6.04 Å². The van der Waals surface area contributed by atoms with Crippen molar-refractivity contribution in [1.29, 1.82) is 0 Å². The van der Waals surface area contributed by atoms with Crippen LogP contribution in [-0.4, -0.2) is 22.6 Å². The minimum atomic E-state index is 0.549. The summed E-state index contributed by atoms with van der Waals surface area (Å²) >= 11 is 0. The lowest BCUT2D eigenvalue weighted by Crippen LogP contribution is -2.42. The first kappa shape index (κ1) is 14.6. The van der Waals surface area contributed by atoms with Crippen molar-refractivity contribution < 1.29 is 0 Å². The lowest BCUT2D eigenvalue weighted by molar-refractivity contribution is 0.169. The maximum atomic E-state index is 4.53. The molecule has 0 aliphatic heterocycles. The molecule has 0 saturated heterocycles. The van der Waals surface area contributed by atoms with E-state index >= 15 is 0 Å². The molecule has 21 heavy (non-hydrogen) atoms. The fourth-order valence-corrected chi connectivity index (χ4v) is 4.08. The molecule has 3 heteroatoms. The van der Waals surface area contributed by atoms with Crippen molar-refractivity contribution in [2.75, 3.05) is 7.05 Å². The van der Waals surface area contributed by atoms with E-state index in [0.717, 1.165) is 23.9 Å². The van der Waals surface area contributed by atoms with Crippen LogP contribution in [0, 0.1) is 11.8 Å². The number of imidazole rings is 1. The summed E-state index contributed by atoms with van der Waals surface area (Å²) in [7, 11) is 2.12. The fraction of sp³-hybridized carbons (Fsp3) is 0.611. The summed E-state index contributed by atoms with van der Waals surface area (Å²) in [5, 5.41) is 3.59. The zero-order valence-corrected chi connectivity index (χ0v) is 13.3. The molecule has 0 spiro atoms. The van der Waals surface area contributed by atoms with E-state index in [1.807, 2.05) is 6.33 Å². The lowest BCUT2D eigenvalue weighted by atomic mass is 9.74. The van der Waals surface area contributed by atoms with Gasteiger partial charge in [0.25, 0.3) is 0 Å². The SMILES string of the molecule is CCC1CCCCC1C(Cn1cnc2ccccc21)NC. The average molecular weight is 285 g/mol. The Bertz CT molecular complexity index is 575. The Hall–Kier alpha value is -1.35. The summed E-state index contributed by atoms with van der Waals surface area (Å²) in [4.78, 5) is 4.53. The first-order chi connectivity index (χ1) is 10.3. The number of rotatable bonds is 5. The highest BCUT2D eigenvalue weighted by Crippen LogP contribution is 2.35. The van der Waals surface area contributed by atoms with Crippen LogP contribution in [0.2, 0.25) is 0 Å². The van der Waals surface area contributed by atoms with Crippen molar-refractivity contribution in [2.45, 2.75) is 51.6 Å². The number of benzene rings is 1. The van der Waals surface area contributed by atoms with Gasteiger partial charge in [0.2, 0.25) is 0 Å². The third-order valence-electron chi connectivity index (χ3n) is 5.30. The summed E-state index contributed by atoms with van der Waals surface area (Å²) < 4.78 is 2.32. The Balaban J connectivity index is 1.80. The molecule has 3 rings (SSSR count). The van der Waals surface area contributed by atoms with Crippen LogP contribution in [0.3, 0.4) is 0 Å². The summed E-state index contributed by atoms with van der Waals surface area (Å²) in [6.45, 7) is 3.38. The van der Waals surface area contributed by atoms with Gasteiger partial charge in [0.05, 0.1) is 17.4 Å². The highest BCUT2D eigenvalue weighted by molar-refractivity contribution is 5.74. The first-order valence-electron chi connectivity index (χ1n) is 8.40. The molecule has 1 aromatic heterocycles. The first-order valence-corrected chi connectivity index (χ1v) is 8.40. The molecule has 3 unspecified atom stereocenters. The van der Waals surface area contributed by atoms with Crippen LogP contribution in [0.5, 0.6) is 0 Å². The van der Waals surface area contributed by atoms with E-state index in [1.54, 1.807) is 0 Å². The van der Waals surface area contributed by atoms with Gasteiger partial charge >= 0.3 is 0 Å². The third-order valence-corrected chi connectivity index (χ3v) is 5.30. The largest absolute Gasteiger partial charge is 0.329 e. The van der Waals surface area contributed by atoms with E-state index in [1.165, 1.54) is 37.6 Å². The van der Waals surface area contributed by atoms with Crippen molar-refractivity contribution in [3.63, 3.8) is 0 Å². The van der Waals surface area contributed by atoms with Gasteiger partial charge in [0, 0.05) is 12.6 Å². The second-order valence-corrected chi connectivity index (χ2v) is 6.40. The molecule has 1 aliphatic carbocycles. The van der Waals surface area contributed by atoms with Crippen LogP contribution in [0.25, 0.3) is 11.0 Å². The molecule has 0 amide bonds. The van der Waals surface area contributed by atoms with Gasteiger partial charge in [-0.05, 0) is 37.4 Å². The van der Waals surface area contributed by atoms with E-state index in [-0.39, 0.29) is 0 Å². The van der Waals surface area contributed by atoms with Gasteiger partial charge < -0.3 is 9.88 Å². The van der Waals surface area contributed by atoms with E-state index in [4.69, 9.17) is 0 Å². The molecule has 3 nitrogen and oxygen atoms in total. The summed E-state index contributed by atoms with van der Waals surface area (Å²) in [6.07, 6.45) is 8.90. The van der Waals surface area contributed by atoms with Crippen molar-refractivity contribution in [1.82, 2.24) is 14.9 Å². The van der Waals surface area contributed by atoms with Gasteiger partial charge in [-0.1, -0.05) is 44.7 Å². The lowest BCUT2D eigenvalue weighted by Gasteiger charge is -2.37. The molecular weight excluding hydrogens is 258 g/mol. The standard InChI is InChI=1S/C18H27N3/c1-3-14-8-4-5-9-15(14)17(19-2)12-21-13-20-16-10-6-7-11-18(16)21/h6-7,10-11,13-15,17,19H,3-5,8-9,12H2,1-2H3. The molecule has 1 aromatic carbocycles. The number of fused-ring (bicyclic) bond motifs is 1. The molecule has 1 N–H and O–H groups in total. The number of para-hydroxylation sites is 2. The van der Waals surface area contributed by atoms with Crippen LogP contribution in [0.1, 0.15) is 39.0 Å². The summed E-state index contributed by atoms with van der Waals surface area (Å²) in [5.41, 5.74) is 2.35. The second kappa shape index (κ2) is 6.61. The molecule has 1 aliphatic rings. The number of aromatic nitrogens is 2. The fourth-order valence-electron chi connectivity index (χ4n) is 4.08. The Morgan fingerprint density at radius 3 is 2.90 bits per heavy atom. The highest BCUT2D eigenvalue weighted by atomic mass is 15.1. The number of hydrogen-bond donors (Lipinski definition) is 1. The maximum Gasteiger partial charge on any atom is 0.0958 e. The Morgan fingerprint density at radius 1 is 1.29 bits per heavy atom. The maximum absolute atomic E-state index is 4.53. The van der Waals surface area contributed by atoms with Crippen LogP contribution < -0.4 is 5.32 Å². The molecule has 2 aromatic rings. The van der Waals surface area contributed by atoms with Gasteiger partial charge in [-0.25, -0.2) is 4.98 Å². The van der Waals surface area contributed by atoms with Crippen molar-refractivity contribution in [2.24, 2.45) is 11.8 Å². The van der Waals surface area contributed by atoms with Gasteiger partial charge in [0.15, 0.2) is 0 Å². The molecule has 114 valence electrons. The molecule has 3 atom stereocenters. The van der Waals surface area contributed by atoms with Crippen molar-refractivity contribution in [3.8, 4) is 0 Å². The number of likely N-dealkylation sites (N-methyl/N-ethyl adjacent to an activating group) is 1.